The van der Waals surface area contributed by atoms with Crippen molar-refractivity contribution in [3.8, 4) is 0 Å². The Kier molecular flexibility index (Phi) is 6.62. The van der Waals surface area contributed by atoms with E-state index in [4.69, 9.17) is 18.9 Å². The van der Waals surface area contributed by atoms with Gasteiger partial charge in [0.25, 0.3) is 0 Å². The van der Waals surface area contributed by atoms with Crippen molar-refractivity contribution in [1.29, 1.82) is 0 Å². The van der Waals surface area contributed by atoms with Gasteiger partial charge in [0.1, 0.15) is 11.7 Å². The molecule has 0 N–H and O–H groups in total. The third-order valence-corrected chi connectivity index (χ3v) is 6.46. The lowest BCUT2D eigenvalue weighted by Crippen LogP contribution is -2.42. The summed E-state index contributed by atoms with van der Waals surface area (Å²) in [6.07, 6.45) is -2.77. The van der Waals surface area contributed by atoms with Gasteiger partial charge in [-0.05, 0) is 36.1 Å². The van der Waals surface area contributed by atoms with E-state index in [0.717, 1.165) is 16.7 Å². The zero-order chi connectivity index (χ0) is 25.2. The van der Waals surface area contributed by atoms with Crippen molar-refractivity contribution in [2.75, 3.05) is 6.61 Å². The van der Waals surface area contributed by atoms with Crippen LogP contribution in [0.4, 0.5) is 0 Å². The summed E-state index contributed by atoms with van der Waals surface area (Å²) in [5, 5.41) is 3.90. The van der Waals surface area contributed by atoms with Gasteiger partial charge in [-0.1, -0.05) is 96.1 Å². The van der Waals surface area contributed by atoms with Crippen LogP contribution in [-0.2, 0) is 29.3 Å². The predicted molar refractivity (Wildman–Crippen MR) is 132 cm³/mol. The highest BCUT2D eigenvalue weighted by molar-refractivity contribution is 5.90. The van der Waals surface area contributed by atoms with Gasteiger partial charge in [0.15, 0.2) is 24.0 Å². The third kappa shape index (κ3) is 4.41. The Bertz CT molecular complexity index is 1150. The second-order valence-corrected chi connectivity index (χ2v) is 9.25. The van der Waals surface area contributed by atoms with Gasteiger partial charge in [0.2, 0.25) is 0 Å². The zero-order valence-corrected chi connectivity index (χ0v) is 20.1. The number of hydrogen-bond donors (Lipinski definition) is 0. The summed E-state index contributed by atoms with van der Waals surface area (Å²) in [5.41, 5.74) is 11.0. The lowest BCUT2D eigenvalue weighted by Gasteiger charge is -2.37. The van der Waals surface area contributed by atoms with Crippen molar-refractivity contribution in [2.24, 2.45) is 5.11 Å². The Balaban J connectivity index is 1.52. The molecule has 0 aliphatic carbocycles. The van der Waals surface area contributed by atoms with Gasteiger partial charge < -0.3 is 18.9 Å². The summed E-state index contributed by atoms with van der Waals surface area (Å²) in [6.45, 7) is 3.36. The van der Waals surface area contributed by atoms with Crippen LogP contribution in [0.2, 0.25) is 0 Å². The molecule has 5 rings (SSSR count). The van der Waals surface area contributed by atoms with Gasteiger partial charge in [-0.3, -0.25) is 4.79 Å². The smallest absolute Gasteiger partial charge is 0.196 e. The first-order valence-corrected chi connectivity index (χ1v) is 11.8. The quantitative estimate of drug-likeness (QED) is 0.191. The average Bonchev–Trinajstić information content (AvgIpc) is 3.37. The molecule has 2 heterocycles. The number of ketones is 1. The number of benzene rings is 3. The molecule has 2 aliphatic rings. The number of fused-ring (bicyclic) bond motifs is 1. The second kappa shape index (κ2) is 9.85. The van der Waals surface area contributed by atoms with Crippen molar-refractivity contribution >= 4 is 5.78 Å². The van der Waals surface area contributed by atoms with Gasteiger partial charge >= 0.3 is 0 Å². The molecule has 0 saturated carbocycles. The van der Waals surface area contributed by atoms with Crippen LogP contribution in [-0.4, -0.2) is 42.7 Å². The molecule has 0 amide bonds. The van der Waals surface area contributed by atoms with E-state index in [1.54, 1.807) is 13.8 Å². The highest BCUT2D eigenvalue weighted by Gasteiger charge is 2.56. The molecule has 0 aromatic heterocycles. The van der Waals surface area contributed by atoms with Crippen LogP contribution in [0.15, 0.2) is 96.1 Å². The Morgan fingerprint density at radius 3 is 1.86 bits per heavy atom. The monoisotopic (exact) mass is 485 g/mol. The van der Waals surface area contributed by atoms with Crippen LogP contribution in [0.1, 0.15) is 30.5 Å². The van der Waals surface area contributed by atoms with E-state index in [1.807, 2.05) is 91.0 Å². The van der Waals surface area contributed by atoms with Crippen molar-refractivity contribution in [2.45, 2.75) is 49.8 Å². The zero-order valence-electron chi connectivity index (χ0n) is 20.1. The lowest BCUT2D eigenvalue weighted by molar-refractivity contribution is -0.207. The topological polar surface area (TPSA) is 103 Å². The highest BCUT2D eigenvalue weighted by Crippen LogP contribution is 2.42. The summed E-state index contributed by atoms with van der Waals surface area (Å²) in [7, 11) is 0. The summed E-state index contributed by atoms with van der Waals surface area (Å²) in [6, 6.07) is 28.6. The van der Waals surface area contributed by atoms with Gasteiger partial charge in [-0.25, -0.2) is 0 Å². The molecule has 3 aromatic rings. The molecular weight excluding hydrogens is 458 g/mol. The SMILES string of the molecule is CC1(C)O[C@H]2O[C@H]([C@H](COC(c3ccccc3)(c3ccccc3)c3ccccc3)N=[N+]=[N-])C(=O)[C@H]2O1. The second-order valence-electron chi connectivity index (χ2n) is 9.25. The number of rotatable bonds is 8. The normalized spacial score (nSPS) is 23.6. The molecule has 184 valence electrons. The molecule has 2 fully saturated rings. The van der Waals surface area contributed by atoms with E-state index in [2.05, 4.69) is 10.0 Å². The Hall–Kier alpha value is -3.52. The molecular formula is C28H27N3O5. The van der Waals surface area contributed by atoms with Crippen LogP contribution in [0.3, 0.4) is 0 Å². The van der Waals surface area contributed by atoms with E-state index in [1.165, 1.54) is 0 Å². The van der Waals surface area contributed by atoms with E-state index < -0.39 is 35.9 Å². The van der Waals surface area contributed by atoms with Crippen molar-refractivity contribution in [3.63, 3.8) is 0 Å². The van der Waals surface area contributed by atoms with Crippen molar-refractivity contribution in [1.82, 2.24) is 0 Å². The standard InChI is InChI=1S/C28H27N3O5/c1-27(2)35-25-23(32)24(34-26(25)36-27)22(30-31-29)18-33-28(19-12-6-3-7-13-19,20-14-8-4-9-15-20)21-16-10-5-11-17-21/h3-17,22,24-26H,18H2,1-2H3/t22-,24+,25+,26+/m0/s1. The molecule has 2 saturated heterocycles. The third-order valence-electron chi connectivity index (χ3n) is 6.46. The van der Waals surface area contributed by atoms with Crippen molar-refractivity contribution < 1.29 is 23.7 Å². The van der Waals surface area contributed by atoms with E-state index >= 15 is 0 Å². The lowest BCUT2D eigenvalue weighted by atomic mass is 9.80. The number of ether oxygens (including phenoxy) is 4. The Labute approximate surface area is 209 Å². The van der Waals surface area contributed by atoms with Gasteiger partial charge in [-0.2, -0.15) is 0 Å². The summed E-state index contributed by atoms with van der Waals surface area (Å²) in [5.74, 6) is -1.25. The molecule has 2 aliphatic heterocycles. The van der Waals surface area contributed by atoms with Crippen LogP contribution in [0.25, 0.3) is 10.4 Å². The molecule has 8 heteroatoms. The molecule has 3 aromatic carbocycles. The largest absolute Gasteiger partial charge is 0.360 e. The van der Waals surface area contributed by atoms with Crippen LogP contribution in [0, 0.1) is 0 Å². The van der Waals surface area contributed by atoms with Crippen molar-refractivity contribution in [3.05, 3.63) is 118 Å². The summed E-state index contributed by atoms with van der Waals surface area (Å²) in [4.78, 5) is 16.1. The van der Waals surface area contributed by atoms with Crippen LogP contribution in [0.5, 0.6) is 0 Å². The summed E-state index contributed by atoms with van der Waals surface area (Å²) < 4.78 is 24.1. The molecule has 8 nitrogen and oxygen atoms in total. The van der Waals surface area contributed by atoms with E-state index in [-0.39, 0.29) is 12.4 Å². The molecule has 0 radical (unpaired) electrons. The van der Waals surface area contributed by atoms with Gasteiger partial charge in [0, 0.05) is 4.91 Å². The minimum absolute atomic E-state index is 0.0814. The first-order valence-electron chi connectivity index (χ1n) is 11.8. The molecule has 36 heavy (non-hydrogen) atoms. The van der Waals surface area contributed by atoms with Crippen LogP contribution < -0.4 is 0 Å². The predicted octanol–water partition coefficient (Wildman–Crippen LogP) is 5.12. The minimum Gasteiger partial charge on any atom is -0.360 e. The maximum atomic E-state index is 13.2. The summed E-state index contributed by atoms with van der Waals surface area (Å²) >= 11 is 0. The number of nitrogens with zero attached hydrogens (tertiary/aromatic N) is 3. The fraction of sp³-hybridized carbons (Fsp3) is 0.321. The molecule has 0 spiro atoms. The fourth-order valence-corrected chi connectivity index (χ4v) is 4.90. The van der Waals surface area contributed by atoms with E-state index in [9.17, 15) is 10.3 Å². The number of Topliss-reactive ketones (excluding diaryl/α,β-unsaturated/α-hetero) is 1. The first-order chi connectivity index (χ1) is 17.4. The fourth-order valence-electron chi connectivity index (χ4n) is 4.90. The maximum Gasteiger partial charge on any atom is 0.196 e. The van der Waals surface area contributed by atoms with Gasteiger partial charge in [-0.15, -0.1) is 0 Å². The molecule has 0 bridgehead atoms. The maximum absolute atomic E-state index is 13.2. The number of carbonyl (C=O) groups excluding carboxylic acids is 1. The first kappa shape index (κ1) is 24.2. The average molecular weight is 486 g/mol. The minimum atomic E-state index is -1.05. The van der Waals surface area contributed by atoms with Gasteiger partial charge in [0.05, 0.1) is 12.6 Å². The Morgan fingerprint density at radius 1 is 0.917 bits per heavy atom. The number of hydrogen-bond acceptors (Lipinski definition) is 6. The molecule has 0 unspecified atom stereocenters. The Morgan fingerprint density at radius 2 is 1.42 bits per heavy atom. The highest BCUT2D eigenvalue weighted by atomic mass is 16.8. The number of carbonyl (C=O) groups is 1. The van der Waals surface area contributed by atoms with E-state index in [0.29, 0.717) is 0 Å². The molecule has 4 atom stereocenters. The van der Waals surface area contributed by atoms with Crippen LogP contribution >= 0.6 is 0 Å². The number of azide groups is 1.